The van der Waals surface area contributed by atoms with E-state index in [4.69, 9.17) is 5.10 Å². The first-order valence-electron chi connectivity index (χ1n) is 11.2. The third-order valence-corrected chi connectivity index (χ3v) is 6.32. The zero-order valence-corrected chi connectivity index (χ0v) is 18.2. The summed E-state index contributed by atoms with van der Waals surface area (Å²) in [6.45, 7) is 6.91. The zero-order chi connectivity index (χ0) is 22.0. The molecular formula is C21H33N7O3. The fourth-order valence-corrected chi connectivity index (χ4v) is 4.58. The molecule has 0 aromatic carbocycles. The minimum Gasteiger partial charge on any atom is -0.465 e. The van der Waals surface area contributed by atoms with Crippen LogP contribution in [0.15, 0.2) is 12.3 Å². The number of aromatic nitrogens is 3. The SMILES string of the molecule is CC(C)c1c(NC[C@H]2CCNC[C@@H]2O)nn2c(NC3CCCCN3C(=O)O)ccnc12. The highest BCUT2D eigenvalue weighted by Gasteiger charge is 2.28. The fourth-order valence-electron chi connectivity index (χ4n) is 4.58. The van der Waals surface area contributed by atoms with Crippen molar-refractivity contribution in [1.82, 2.24) is 24.8 Å². The summed E-state index contributed by atoms with van der Waals surface area (Å²) < 4.78 is 1.77. The van der Waals surface area contributed by atoms with Crippen LogP contribution in [-0.4, -0.2) is 74.3 Å². The number of amides is 1. The Balaban J connectivity index is 1.61. The molecule has 10 nitrogen and oxygen atoms in total. The quantitative estimate of drug-likeness (QED) is 0.471. The molecular weight excluding hydrogens is 398 g/mol. The maximum atomic E-state index is 11.6. The van der Waals surface area contributed by atoms with Crippen LogP contribution < -0.4 is 16.0 Å². The van der Waals surface area contributed by atoms with E-state index in [2.05, 4.69) is 34.8 Å². The monoisotopic (exact) mass is 431 g/mol. The number of nitrogens with zero attached hydrogens (tertiary/aromatic N) is 4. The highest BCUT2D eigenvalue weighted by Crippen LogP contribution is 2.30. The van der Waals surface area contributed by atoms with Crippen molar-refractivity contribution in [2.75, 3.05) is 36.8 Å². The molecule has 2 aromatic heterocycles. The van der Waals surface area contributed by atoms with Crippen molar-refractivity contribution >= 4 is 23.4 Å². The van der Waals surface area contributed by atoms with Gasteiger partial charge in [-0.2, -0.15) is 4.52 Å². The van der Waals surface area contributed by atoms with Crippen molar-refractivity contribution in [2.45, 2.75) is 57.7 Å². The van der Waals surface area contributed by atoms with E-state index in [0.717, 1.165) is 55.1 Å². The fraction of sp³-hybridized carbons (Fsp3) is 0.667. The number of fused-ring (bicyclic) bond motifs is 1. The Morgan fingerprint density at radius 2 is 2.19 bits per heavy atom. The number of hydrogen-bond acceptors (Lipinski definition) is 7. The Hall–Kier alpha value is -2.59. The summed E-state index contributed by atoms with van der Waals surface area (Å²) in [4.78, 5) is 17.7. The number of likely N-dealkylation sites (tertiary alicyclic amines) is 1. The molecule has 3 atom stereocenters. The van der Waals surface area contributed by atoms with Gasteiger partial charge in [-0.15, -0.1) is 5.10 Å². The highest BCUT2D eigenvalue weighted by atomic mass is 16.4. The first-order valence-corrected chi connectivity index (χ1v) is 11.2. The van der Waals surface area contributed by atoms with Crippen LogP contribution in [-0.2, 0) is 0 Å². The summed E-state index contributed by atoms with van der Waals surface area (Å²) >= 11 is 0. The molecule has 1 unspecified atom stereocenters. The second-order valence-electron chi connectivity index (χ2n) is 8.82. The van der Waals surface area contributed by atoms with E-state index in [0.29, 0.717) is 19.6 Å². The summed E-state index contributed by atoms with van der Waals surface area (Å²) in [6.07, 6.45) is 3.70. The maximum Gasteiger partial charge on any atom is 0.408 e. The van der Waals surface area contributed by atoms with Gasteiger partial charge < -0.3 is 26.2 Å². The van der Waals surface area contributed by atoms with Crippen LogP contribution in [0.4, 0.5) is 16.4 Å². The first kappa shape index (κ1) is 21.6. The van der Waals surface area contributed by atoms with Gasteiger partial charge in [0.25, 0.3) is 0 Å². The van der Waals surface area contributed by atoms with Gasteiger partial charge in [-0.1, -0.05) is 13.8 Å². The molecule has 4 heterocycles. The standard InChI is InChI=1S/C21H33N7O3/c1-13(2)18-19(24-11-14-6-8-22-12-15(14)29)26-28-17(7-9-23-20(18)28)25-16-5-3-4-10-27(16)21(30)31/h7,9,13-16,22,25,29H,3-6,8,10-12H2,1-2H3,(H,24,26)(H,30,31)/t14-,15+,16?/m1/s1. The number of carboxylic acid groups (broad SMARTS) is 1. The van der Waals surface area contributed by atoms with E-state index < -0.39 is 6.09 Å². The van der Waals surface area contributed by atoms with Crippen molar-refractivity contribution < 1.29 is 15.0 Å². The Morgan fingerprint density at radius 1 is 1.35 bits per heavy atom. The number of hydrogen-bond donors (Lipinski definition) is 5. The minimum atomic E-state index is -0.909. The predicted molar refractivity (Wildman–Crippen MR) is 119 cm³/mol. The number of piperidine rings is 2. The van der Waals surface area contributed by atoms with Crippen LogP contribution in [0.5, 0.6) is 0 Å². The number of aliphatic hydroxyl groups is 1. The lowest BCUT2D eigenvalue weighted by Crippen LogP contribution is -2.47. The van der Waals surface area contributed by atoms with E-state index in [9.17, 15) is 15.0 Å². The summed E-state index contributed by atoms with van der Waals surface area (Å²) in [5.74, 6) is 1.86. The summed E-state index contributed by atoms with van der Waals surface area (Å²) in [7, 11) is 0. The molecule has 0 bridgehead atoms. The third kappa shape index (κ3) is 4.54. The van der Waals surface area contributed by atoms with Crippen LogP contribution >= 0.6 is 0 Å². The number of carbonyl (C=O) groups is 1. The number of β-amino-alcohol motifs (C(OH)–C–C–N with tert-alkyl or cyclic N) is 1. The van der Waals surface area contributed by atoms with Crippen LogP contribution in [0, 0.1) is 5.92 Å². The van der Waals surface area contributed by atoms with Crippen molar-refractivity contribution in [3.05, 3.63) is 17.8 Å². The van der Waals surface area contributed by atoms with Gasteiger partial charge in [-0.05, 0) is 44.2 Å². The lowest BCUT2D eigenvalue weighted by atomic mass is 9.95. The second-order valence-corrected chi connectivity index (χ2v) is 8.82. The van der Waals surface area contributed by atoms with Crippen molar-refractivity contribution in [3.8, 4) is 0 Å². The zero-order valence-electron chi connectivity index (χ0n) is 18.2. The van der Waals surface area contributed by atoms with Gasteiger partial charge in [-0.3, -0.25) is 4.90 Å². The molecule has 170 valence electrons. The average Bonchev–Trinajstić information content (AvgIpc) is 3.13. The topological polar surface area (TPSA) is 127 Å². The highest BCUT2D eigenvalue weighted by molar-refractivity contribution is 5.67. The Bertz CT molecular complexity index is 916. The van der Waals surface area contributed by atoms with E-state index in [1.807, 2.05) is 6.07 Å². The minimum absolute atomic E-state index is 0.169. The van der Waals surface area contributed by atoms with Crippen molar-refractivity contribution in [1.29, 1.82) is 0 Å². The molecule has 2 aliphatic heterocycles. The van der Waals surface area contributed by atoms with Gasteiger partial charge in [0.2, 0.25) is 0 Å². The molecule has 2 aliphatic rings. The van der Waals surface area contributed by atoms with Crippen molar-refractivity contribution in [2.24, 2.45) is 5.92 Å². The third-order valence-electron chi connectivity index (χ3n) is 6.32. The van der Waals surface area contributed by atoms with E-state index in [1.165, 1.54) is 4.90 Å². The molecule has 31 heavy (non-hydrogen) atoms. The number of anilines is 2. The van der Waals surface area contributed by atoms with E-state index in [1.54, 1.807) is 10.7 Å². The van der Waals surface area contributed by atoms with Gasteiger partial charge in [0.15, 0.2) is 11.5 Å². The van der Waals surface area contributed by atoms with Gasteiger partial charge >= 0.3 is 6.09 Å². The van der Waals surface area contributed by atoms with Crippen LogP contribution in [0.3, 0.4) is 0 Å². The predicted octanol–water partition coefficient (Wildman–Crippen LogP) is 2.14. The Morgan fingerprint density at radius 3 is 2.94 bits per heavy atom. The first-order chi connectivity index (χ1) is 15.0. The second kappa shape index (κ2) is 9.27. The van der Waals surface area contributed by atoms with Crippen molar-refractivity contribution in [3.63, 3.8) is 0 Å². The summed E-state index contributed by atoms with van der Waals surface area (Å²) in [5.41, 5.74) is 1.77. The van der Waals surface area contributed by atoms with Gasteiger partial charge in [0.05, 0.1) is 6.10 Å². The molecule has 2 aromatic rings. The molecule has 5 N–H and O–H groups in total. The molecule has 10 heteroatoms. The molecule has 2 fully saturated rings. The molecule has 0 spiro atoms. The summed E-state index contributed by atoms with van der Waals surface area (Å²) in [5, 5.41) is 34.6. The normalized spacial score (nSPS) is 24.5. The Labute approximate surface area is 182 Å². The smallest absolute Gasteiger partial charge is 0.408 e. The van der Waals surface area contributed by atoms with Gasteiger partial charge in [0.1, 0.15) is 12.0 Å². The lowest BCUT2D eigenvalue weighted by molar-refractivity contribution is 0.0883. The number of nitrogens with one attached hydrogen (secondary N) is 3. The van der Waals surface area contributed by atoms with Gasteiger partial charge in [-0.25, -0.2) is 9.78 Å². The average molecular weight is 432 g/mol. The maximum absolute atomic E-state index is 11.6. The number of rotatable bonds is 6. The van der Waals surface area contributed by atoms with E-state index in [-0.39, 0.29) is 24.1 Å². The lowest BCUT2D eigenvalue weighted by Gasteiger charge is -2.34. The number of aliphatic hydroxyl groups excluding tert-OH is 1. The molecule has 0 aliphatic carbocycles. The van der Waals surface area contributed by atoms with Crippen LogP contribution in [0.1, 0.15) is 51.0 Å². The molecule has 2 saturated heterocycles. The van der Waals surface area contributed by atoms with E-state index >= 15 is 0 Å². The molecule has 0 radical (unpaired) electrons. The van der Waals surface area contributed by atoms with Crippen LogP contribution in [0.25, 0.3) is 5.65 Å². The Kier molecular flexibility index (Phi) is 6.47. The molecule has 1 amide bonds. The molecule has 4 rings (SSSR count). The van der Waals surface area contributed by atoms with Crippen LogP contribution in [0.2, 0.25) is 0 Å². The largest absolute Gasteiger partial charge is 0.465 e. The summed E-state index contributed by atoms with van der Waals surface area (Å²) in [6, 6.07) is 1.83. The molecule has 0 saturated carbocycles. The van der Waals surface area contributed by atoms with Gasteiger partial charge in [0, 0.05) is 37.3 Å².